The fraction of sp³-hybridized carbons (Fsp3) is 0.286. The number of nitrogens with one attached hydrogen (secondary N) is 2. The Kier molecular flexibility index (Phi) is 3.85. The van der Waals surface area contributed by atoms with Gasteiger partial charge >= 0.3 is 0 Å². The van der Waals surface area contributed by atoms with Crippen LogP contribution in [0, 0.1) is 0 Å². The second-order valence-corrected chi connectivity index (χ2v) is 4.53. The fourth-order valence-corrected chi connectivity index (χ4v) is 1.70. The van der Waals surface area contributed by atoms with Gasteiger partial charge in [0.15, 0.2) is 5.69 Å². The molecule has 2 N–H and O–H groups in total. The van der Waals surface area contributed by atoms with Crippen LogP contribution in [0.1, 0.15) is 23.1 Å². The van der Waals surface area contributed by atoms with Gasteiger partial charge in [0.05, 0.1) is 0 Å². The van der Waals surface area contributed by atoms with E-state index in [4.69, 9.17) is 0 Å². The Hall–Kier alpha value is -2.30. The zero-order valence-corrected chi connectivity index (χ0v) is 11.4. The number of aryl methyl sites for hydroxylation is 1. The lowest BCUT2D eigenvalue weighted by molar-refractivity contribution is 0.102. The molecule has 1 aromatic carbocycles. The quantitative estimate of drug-likeness (QED) is 0.884. The molecule has 2 rings (SSSR count). The molecule has 1 heterocycles. The molecule has 0 aliphatic rings. The number of nitrogens with zero attached hydrogens (tertiary/aromatic N) is 2. The van der Waals surface area contributed by atoms with E-state index in [1.54, 1.807) is 6.07 Å². The van der Waals surface area contributed by atoms with Gasteiger partial charge in [-0.2, -0.15) is 5.10 Å². The van der Waals surface area contributed by atoms with Crippen molar-refractivity contribution in [2.24, 2.45) is 0 Å². The zero-order valence-electron chi connectivity index (χ0n) is 11.4. The van der Waals surface area contributed by atoms with E-state index >= 15 is 0 Å². The topological polar surface area (TPSA) is 61.0 Å². The maximum atomic E-state index is 12.0. The second-order valence-electron chi connectivity index (χ2n) is 4.53. The molecule has 1 amide bonds. The molecule has 5 nitrogen and oxygen atoms in total. The van der Waals surface area contributed by atoms with Crippen LogP contribution in [0.15, 0.2) is 30.3 Å². The maximum Gasteiger partial charge on any atom is 0.276 e. The van der Waals surface area contributed by atoms with Gasteiger partial charge in [-0.25, -0.2) is 0 Å². The highest BCUT2D eigenvalue weighted by atomic mass is 16.1. The van der Waals surface area contributed by atoms with Crippen molar-refractivity contribution in [3.63, 3.8) is 0 Å². The van der Waals surface area contributed by atoms with Crippen molar-refractivity contribution >= 4 is 17.3 Å². The lowest BCUT2D eigenvalue weighted by Crippen LogP contribution is -2.13. The van der Waals surface area contributed by atoms with E-state index in [0.29, 0.717) is 5.69 Å². The minimum absolute atomic E-state index is 0.200. The molecule has 1 aromatic heterocycles. The summed E-state index contributed by atoms with van der Waals surface area (Å²) in [6.45, 7) is 2.01. The van der Waals surface area contributed by atoms with Crippen molar-refractivity contribution in [2.75, 3.05) is 24.3 Å². The molecule has 19 heavy (non-hydrogen) atoms. The van der Waals surface area contributed by atoms with Gasteiger partial charge in [-0.05, 0) is 36.8 Å². The SMILES string of the molecule is CCc1cc(C(=O)Nc2ccc(N(C)C)cc2)n[nH]1. The van der Waals surface area contributed by atoms with Gasteiger partial charge in [-0.1, -0.05) is 6.92 Å². The first-order valence-electron chi connectivity index (χ1n) is 6.23. The number of rotatable bonds is 4. The number of aromatic amines is 1. The molecule has 0 aliphatic heterocycles. The molecule has 0 atom stereocenters. The lowest BCUT2D eigenvalue weighted by atomic mass is 10.2. The summed E-state index contributed by atoms with van der Waals surface area (Å²) in [5.41, 5.74) is 3.21. The summed E-state index contributed by atoms with van der Waals surface area (Å²) in [5.74, 6) is -0.200. The van der Waals surface area contributed by atoms with E-state index in [-0.39, 0.29) is 5.91 Å². The second kappa shape index (κ2) is 5.56. The number of hydrogen-bond acceptors (Lipinski definition) is 3. The Balaban J connectivity index is 2.06. The number of amides is 1. The summed E-state index contributed by atoms with van der Waals surface area (Å²) < 4.78 is 0. The summed E-state index contributed by atoms with van der Waals surface area (Å²) in [4.78, 5) is 14.0. The Labute approximate surface area is 112 Å². The maximum absolute atomic E-state index is 12.0. The predicted molar refractivity (Wildman–Crippen MR) is 76.7 cm³/mol. The first-order chi connectivity index (χ1) is 9.10. The first kappa shape index (κ1) is 13.1. The van der Waals surface area contributed by atoms with Gasteiger partial charge in [-0.15, -0.1) is 0 Å². The standard InChI is InChI=1S/C14H18N4O/c1-4-10-9-13(17-16-10)14(19)15-11-5-7-12(8-6-11)18(2)3/h5-9H,4H2,1-3H3,(H,15,19)(H,16,17). The third kappa shape index (κ3) is 3.13. The third-order valence-corrected chi connectivity index (χ3v) is 2.89. The van der Waals surface area contributed by atoms with Crippen LogP contribution in [-0.2, 0) is 6.42 Å². The number of H-pyrrole nitrogens is 1. The number of carbonyl (C=O) groups is 1. The highest BCUT2D eigenvalue weighted by Gasteiger charge is 2.10. The van der Waals surface area contributed by atoms with Crippen molar-refractivity contribution in [1.29, 1.82) is 0 Å². The van der Waals surface area contributed by atoms with Gasteiger partial charge in [0.1, 0.15) is 0 Å². The minimum Gasteiger partial charge on any atom is -0.378 e. The highest BCUT2D eigenvalue weighted by Crippen LogP contribution is 2.16. The van der Waals surface area contributed by atoms with Crippen LogP contribution < -0.4 is 10.2 Å². The van der Waals surface area contributed by atoms with Crippen LogP contribution in [0.3, 0.4) is 0 Å². The smallest absolute Gasteiger partial charge is 0.276 e. The molecule has 100 valence electrons. The van der Waals surface area contributed by atoms with Crippen LogP contribution in [-0.4, -0.2) is 30.2 Å². The van der Waals surface area contributed by atoms with Crippen molar-refractivity contribution in [3.8, 4) is 0 Å². The van der Waals surface area contributed by atoms with Gasteiger partial charge in [0.25, 0.3) is 5.91 Å². The molecule has 0 fully saturated rings. The summed E-state index contributed by atoms with van der Waals surface area (Å²) in [5, 5.41) is 9.63. The average Bonchev–Trinajstić information content (AvgIpc) is 2.88. The predicted octanol–water partition coefficient (Wildman–Crippen LogP) is 2.29. The first-order valence-corrected chi connectivity index (χ1v) is 6.23. The highest BCUT2D eigenvalue weighted by molar-refractivity contribution is 6.02. The summed E-state index contributed by atoms with van der Waals surface area (Å²) in [6.07, 6.45) is 0.831. The largest absolute Gasteiger partial charge is 0.378 e. The Morgan fingerprint density at radius 2 is 2.00 bits per heavy atom. The number of hydrogen-bond donors (Lipinski definition) is 2. The van der Waals surface area contributed by atoms with Crippen molar-refractivity contribution in [1.82, 2.24) is 10.2 Å². The molecule has 0 radical (unpaired) electrons. The van der Waals surface area contributed by atoms with Gasteiger partial charge in [0, 0.05) is 31.2 Å². The van der Waals surface area contributed by atoms with Gasteiger partial charge in [-0.3, -0.25) is 9.89 Å². The van der Waals surface area contributed by atoms with E-state index in [1.807, 2.05) is 50.2 Å². The molecular weight excluding hydrogens is 240 g/mol. The third-order valence-electron chi connectivity index (χ3n) is 2.89. The molecular formula is C14H18N4O. The van der Waals surface area contributed by atoms with Crippen molar-refractivity contribution in [2.45, 2.75) is 13.3 Å². The number of benzene rings is 1. The monoisotopic (exact) mass is 258 g/mol. The van der Waals surface area contributed by atoms with Gasteiger partial charge in [0.2, 0.25) is 0 Å². The molecule has 2 aromatic rings. The number of anilines is 2. The Bertz CT molecular complexity index is 557. The van der Waals surface area contributed by atoms with Crippen LogP contribution in [0.5, 0.6) is 0 Å². The molecule has 0 aliphatic carbocycles. The van der Waals surface area contributed by atoms with Crippen LogP contribution in [0.2, 0.25) is 0 Å². The normalized spacial score (nSPS) is 10.3. The van der Waals surface area contributed by atoms with Gasteiger partial charge < -0.3 is 10.2 Å². The van der Waals surface area contributed by atoms with Crippen LogP contribution in [0.25, 0.3) is 0 Å². The fourth-order valence-electron chi connectivity index (χ4n) is 1.70. The summed E-state index contributed by atoms with van der Waals surface area (Å²) in [6, 6.07) is 9.43. The average molecular weight is 258 g/mol. The van der Waals surface area contributed by atoms with E-state index < -0.39 is 0 Å². The Morgan fingerprint density at radius 3 is 2.53 bits per heavy atom. The molecule has 0 unspecified atom stereocenters. The van der Waals surface area contributed by atoms with Crippen molar-refractivity contribution in [3.05, 3.63) is 41.7 Å². The molecule has 0 saturated carbocycles. The number of aromatic nitrogens is 2. The summed E-state index contributed by atoms with van der Waals surface area (Å²) in [7, 11) is 3.95. The molecule has 0 bridgehead atoms. The lowest BCUT2D eigenvalue weighted by Gasteiger charge is -2.12. The zero-order chi connectivity index (χ0) is 13.8. The van der Waals surface area contributed by atoms with E-state index in [0.717, 1.165) is 23.5 Å². The van der Waals surface area contributed by atoms with E-state index in [9.17, 15) is 4.79 Å². The molecule has 5 heteroatoms. The minimum atomic E-state index is -0.200. The molecule has 0 spiro atoms. The van der Waals surface area contributed by atoms with Crippen LogP contribution in [0.4, 0.5) is 11.4 Å². The summed E-state index contributed by atoms with van der Waals surface area (Å²) >= 11 is 0. The van der Waals surface area contributed by atoms with Crippen LogP contribution >= 0.6 is 0 Å². The number of carbonyl (C=O) groups excluding carboxylic acids is 1. The van der Waals surface area contributed by atoms with E-state index in [2.05, 4.69) is 15.5 Å². The molecule has 0 saturated heterocycles. The Morgan fingerprint density at radius 1 is 1.32 bits per heavy atom. The van der Waals surface area contributed by atoms with E-state index in [1.165, 1.54) is 0 Å². The van der Waals surface area contributed by atoms with Crippen molar-refractivity contribution < 1.29 is 4.79 Å².